The Morgan fingerprint density at radius 2 is 1.94 bits per heavy atom. The van der Waals surface area contributed by atoms with E-state index in [-0.39, 0.29) is 30.4 Å². The van der Waals surface area contributed by atoms with Gasteiger partial charge in [-0.25, -0.2) is 4.79 Å². The van der Waals surface area contributed by atoms with Crippen LogP contribution in [-0.2, 0) is 6.42 Å². The maximum atomic E-state index is 10.7. The Balaban J connectivity index is 0. The lowest BCUT2D eigenvalue weighted by molar-refractivity contribution is 0.0695. The molecule has 0 radical (unpaired) electrons. The van der Waals surface area contributed by atoms with E-state index in [4.69, 9.17) is 5.11 Å². The molecule has 0 saturated carbocycles. The van der Waals surface area contributed by atoms with Gasteiger partial charge in [0.15, 0.2) is 0 Å². The first-order valence-electron chi connectivity index (χ1n) is 4.70. The fourth-order valence-corrected chi connectivity index (χ4v) is 1.37. The summed E-state index contributed by atoms with van der Waals surface area (Å²) in [7, 11) is 0. The average molecular weight is 266 g/mol. The van der Waals surface area contributed by atoms with Crippen molar-refractivity contribution in [3.63, 3.8) is 0 Å². The van der Waals surface area contributed by atoms with Gasteiger partial charge < -0.3 is 5.11 Å². The zero-order valence-corrected chi connectivity index (χ0v) is 11.2. The summed E-state index contributed by atoms with van der Waals surface area (Å²) in [6, 6.07) is 3.42. The number of rotatable bonds is 3. The molecule has 0 bridgehead atoms. The minimum atomic E-state index is -0.911. The molecule has 1 rings (SSSR count). The Bertz CT molecular complexity index is 354. The maximum Gasteiger partial charge on any atom is 0.337 e. The van der Waals surface area contributed by atoms with E-state index in [1.54, 1.807) is 19.1 Å². The quantitative estimate of drug-likeness (QED) is 0.914. The molecule has 0 atom stereocenters. The second-order valence-electron chi connectivity index (χ2n) is 3.84. The molecule has 1 aromatic rings. The number of nitrogens with zero attached hydrogens (tertiary/aromatic N) is 1. The number of aromatic carboxylic acids is 1. The summed E-state index contributed by atoms with van der Waals surface area (Å²) in [6.45, 7) is 5.96. The van der Waals surface area contributed by atoms with Gasteiger partial charge in [-0.2, -0.15) is 0 Å². The summed E-state index contributed by atoms with van der Waals surface area (Å²) in [6.07, 6.45) is 0.890. The van der Waals surface area contributed by atoms with Crippen LogP contribution >= 0.6 is 24.8 Å². The molecule has 0 aliphatic rings. The number of pyridine rings is 1. The molecule has 0 amide bonds. The van der Waals surface area contributed by atoms with Gasteiger partial charge in [-0.1, -0.05) is 13.8 Å². The van der Waals surface area contributed by atoms with Crippen LogP contribution in [-0.4, -0.2) is 16.1 Å². The maximum absolute atomic E-state index is 10.7. The van der Waals surface area contributed by atoms with E-state index in [2.05, 4.69) is 18.8 Å². The summed E-state index contributed by atoms with van der Waals surface area (Å²) in [5, 5.41) is 8.80. The van der Waals surface area contributed by atoms with Crippen LogP contribution in [0.1, 0.15) is 35.6 Å². The molecule has 0 fully saturated rings. The van der Waals surface area contributed by atoms with Crippen molar-refractivity contribution >= 4 is 30.8 Å². The second kappa shape index (κ2) is 7.47. The number of carbonyl (C=O) groups is 1. The molecule has 92 valence electrons. The van der Waals surface area contributed by atoms with Crippen LogP contribution in [0, 0.1) is 12.8 Å². The Kier molecular flexibility index (Phi) is 8.21. The van der Waals surface area contributed by atoms with Crippen molar-refractivity contribution in [3.8, 4) is 0 Å². The zero-order valence-electron chi connectivity index (χ0n) is 9.56. The van der Waals surface area contributed by atoms with Crippen molar-refractivity contribution in [2.45, 2.75) is 27.2 Å². The predicted octanol–water partition coefficient (Wildman–Crippen LogP) is 3.13. The highest BCUT2D eigenvalue weighted by Crippen LogP contribution is 2.10. The number of carboxylic acids is 1. The molecule has 0 saturated heterocycles. The van der Waals surface area contributed by atoms with Gasteiger partial charge in [-0.3, -0.25) is 4.98 Å². The predicted molar refractivity (Wildman–Crippen MR) is 69.0 cm³/mol. The first kappa shape index (κ1) is 17.6. The lowest BCUT2D eigenvalue weighted by Gasteiger charge is -2.06. The van der Waals surface area contributed by atoms with Crippen LogP contribution in [0.3, 0.4) is 0 Å². The molecule has 3 nitrogen and oxygen atoms in total. The highest BCUT2D eigenvalue weighted by atomic mass is 35.5. The molecule has 0 aromatic carbocycles. The van der Waals surface area contributed by atoms with Gasteiger partial charge in [-0.15, -0.1) is 24.8 Å². The SMILES string of the molecule is Cc1nc(CC(C)C)ccc1C(=O)O.Cl.Cl. The largest absolute Gasteiger partial charge is 0.478 e. The van der Waals surface area contributed by atoms with Gasteiger partial charge in [0.05, 0.1) is 11.3 Å². The van der Waals surface area contributed by atoms with Gasteiger partial charge in [0.2, 0.25) is 0 Å². The van der Waals surface area contributed by atoms with Crippen LogP contribution in [0.2, 0.25) is 0 Å². The summed E-state index contributed by atoms with van der Waals surface area (Å²) < 4.78 is 0. The fourth-order valence-electron chi connectivity index (χ4n) is 1.37. The lowest BCUT2D eigenvalue weighted by Crippen LogP contribution is -2.05. The summed E-state index contributed by atoms with van der Waals surface area (Å²) in [5.74, 6) is -0.372. The molecule has 5 heteroatoms. The first-order valence-corrected chi connectivity index (χ1v) is 4.70. The van der Waals surface area contributed by atoms with E-state index in [1.807, 2.05) is 0 Å². The third kappa shape index (κ3) is 4.81. The van der Waals surface area contributed by atoms with E-state index in [1.165, 1.54) is 0 Å². The second-order valence-corrected chi connectivity index (χ2v) is 3.84. The minimum Gasteiger partial charge on any atom is -0.478 e. The lowest BCUT2D eigenvalue weighted by atomic mass is 10.1. The fraction of sp³-hybridized carbons (Fsp3) is 0.455. The van der Waals surface area contributed by atoms with Crippen molar-refractivity contribution in [2.75, 3.05) is 0 Å². The number of aromatic nitrogens is 1. The molecule has 0 aliphatic carbocycles. The van der Waals surface area contributed by atoms with Gasteiger partial charge in [0, 0.05) is 5.69 Å². The molecule has 1 heterocycles. The highest BCUT2D eigenvalue weighted by molar-refractivity contribution is 5.88. The van der Waals surface area contributed by atoms with E-state index < -0.39 is 5.97 Å². The average Bonchev–Trinajstić information content (AvgIpc) is 2.01. The monoisotopic (exact) mass is 265 g/mol. The Hall–Kier alpha value is -0.800. The third-order valence-corrected chi connectivity index (χ3v) is 1.99. The van der Waals surface area contributed by atoms with Crippen LogP contribution < -0.4 is 0 Å². The number of hydrogen-bond acceptors (Lipinski definition) is 2. The first-order chi connectivity index (χ1) is 6.50. The third-order valence-electron chi connectivity index (χ3n) is 1.99. The van der Waals surface area contributed by atoms with Crippen LogP contribution in [0.5, 0.6) is 0 Å². The highest BCUT2D eigenvalue weighted by Gasteiger charge is 2.08. The minimum absolute atomic E-state index is 0. The van der Waals surface area contributed by atoms with Gasteiger partial charge in [0.1, 0.15) is 0 Å². The Labute approximate surface area is 108 Å². The summed E-state index contributed by atoms with van der Waals surface area (Å²) in [5.41, 5.74) is 1.84. The normalized spacial score (nSPS) is 9.25. The molecule has 16 heavy (non-hydrogen) atoms. The van der Waals surface area contributed by atoms with Crippen molar-refractivity contribution in [1.29, 1.82) is 0 Å². The van der Waals surface area contributed by atoms with Gasteiger partial charge in [0.25, 0.3) is 0 Å². The number of aryl methyl sites for hydroxylation is 1. The van der Waals surface area contributed by atoms with E-state index in [9.17, 15) is 4.79 Å². The molecule has 1 aromatic heterocycles. The van der Waals surface area contributed by atoms with Gasteiger partial charge >= 0.3 is 5.97 Å². The van der Waals surface area contributed by atoms with Crippen molar-refractivity contribution in [2.24, 2.45) is 5.92 Å². The standard InChI is InChI=1S/C11H15NO2.2ClH/c1-7(2)6-9-4-5-10(11(13)14)8(3)12-9;;/h4-5,7H,6H2,1-3H3,(H,13,14);2*1H. The molecule has 0 unspecified atom stereocenters. The van der Waals surface area contributed by atoms with E-state index in [0.717, 1.165) is 12.1 Å². The van der Waals surface area contributed by atoms with E-state index >= 15 is 0 Å². The smallest absolute Gasteiger partial charge is 0.337 e. The zero-order chi connectivity index (χ0) is 10.7. The topological polar surface area (TPSA) is 50.2 Å². The van der Waals surface area contributed by atoms with Crippen LogP contribution in [0.4, 0.5) is 0 Å². The molecule has 0 spiro atoms. The Morgan fingerprint density at radius 3 is 2.31 bits per heavy atom. The molecular formula is C11H17Cl2NO2. The summed E-state index contributed by atoms with van der Waals surface area (Å²) in [4.78, 5) is 15.0. The van der Waals surface area contributed by atoms with Crippen molar-refractivity contribution in [1.82, 2.24) is 4.98 Å². The van der Waals surface area contributed by atoms with E-state index in [0.29, 0.717) is 11.6 Å². The summed E-state index contributed by atoms with van der Waals surface area (Å²) >= 11 is 0. The Morgan fingerprint density at radius 1 is 1.38 bits per heavy atom. The number of hydrogen-bond donors (Lipinski definition) is 1. The van der Waals surface area contributed by atoms with Gasteiger partial charge in [-0.05, 0) is 31.4 Å². The molecular weight excluding hydrogens is 249 g/mol. The van der Waals surface area contributed by atoms with Crippen molar-refractivity contribution < 1.29 is 9.90 Å². The van der Waals surface area contributed by atoms with Crippen LogP contribution in [0.15, 0.2) is 12.1 Å². The number of halogens is 2. The molecule has 0 aliphatic heterocycles. The molecule has 1 N–H and O–H groups in total. The van der Waals surface area contributed by atoms with Crippen molar-refractivity contribution in [3.05, 3.63) is 29.1 Å². The van der Waals surface area contributed by atoms with Crippen LogP contribution in [0.25, 0.3) is 0 Å². The number of carboxylic acid groups (broad SMARTS) is 1.